The number of rotatable bonds is 2. The molecule has 1 aromatic heterocycles. The maximum Gasteiger partial charge on any atom is 0.122 e. The van der Waals surface area contributed by atoms with Crippen LogP contribution < -0.4 is 0 Å². The lowest BCUT2D eigenvalue weighted by Gasteiger charge is -2.26. The van der Waals surface area contributed by atoms with Crippen LogP contribution in [-0.2, 0) is 6.54 Å². The Balaban J connectivity index is 1.84. The minimum atomic E-state index is 0.402. The van der Waals surface area contributed by atoms with Crippen LogP contribution in [0.3, 0.4) is 0 Å². The first-order valence-electron chi connectivity index (χ1n) is 7.76. The second-order valence-corrected chi connectivity index (χ2v) is 5.99. The van der Waals surface area contributed by atoms with Crippen molar-refractivity contribution < 1.29 is 5.11 Å². The Hall–Kier alpha value is -2.00. The van der Waals surface area contributed by atoms with Crippen LogP contribution in [0.2, 0.25) is 0 Å². The number of H-pyrrole nitrogens is 1. The highest BCUT2D eigenvalue weighted by Gasteiger charge is 2.16. The predicted molar refractivity (Wildman–Crippen MR) is 86.6 cm³/mol. The molecule has 0 saturated carbocycles. The summed E-state index contributed by atoms with van der Waals surface area (Å²) in [4.78, 5) is 5.94. The van der Waals surface area contributed by atoms with Gasteiger partial charge in [0.2, 0.25) is 0 Å². The zero-order valence-corrected chi connectivity index (χ0v) is 12.1. The molecule has 2 N–H and O–H groups in total. The molecule has 3 nitrogen and oxygen atoms in total. The van der Waals surface area contributed by atoms with Crippen LogP contribution in [0.15, 0.2) is 36.4 Å². The number of fused-ring (bicyclic) bond motifs is 3. The molecule has 0 unspecified atom stereocenters. The summed E-state index contributed by atoms with van der Waals surface area (Å²) in [5, 5.41) is 12.8. The molecule has 2 heterocycles. The van der Waals surface area contributed by atoms with E-state index in [4.69, 9.17) is 0 Å². The lowest BCUT2D eigenvalue weighted by Crippen LogP contribution is -2.29. The van der Waals surface area contributed by atoms with Crippen LogP contribution >= 0.6 is 0 Å². The quantitative estimate of drug-likeness (QED) is 0.744. The summed E-state index contributed by atoms with van der Waals surface area (Å²) in [5.41, 5.74) is 3.25. The van der Waals surface area contributed by atoms with E-state index in [1.54, 1.807) is 0 Å². The van der Waals surface area contributed by atoms with Gasteiger partial charge < -0.3 is 10.1 Å². The number of nitrogens with zero attached hydrogens (tertiary/aromatic N) is 1. The second-order valence-electron chi connectivity index (χ2n) is 5.99. The Kier molecular flexibility index (Phi) is 3.08. The molecule has 108 valence electrons. The molecule has 0 aliphatic carbocycles. The average molecular weight is 280 g/mol. The zero-order chi connectivity index (χ0) is 14.2. The summed E-state index contributed by atoms with van der Waals surface area (Å²) in [7, 11) is 0. The third-order valence-electron chi connectivity index (χ3n) is 4.60. The molecule has 3 heteroatoms. The molecule has 0 radical (unpaired) electrons. The molecule has 0 atom stereocenters. The van der Waals surface area contributed by atoms with Gasteiger partial charge >= 0.3 is 0 Å². The van der Waals surface area contributed by atoms with Crippen LogP contribution in [0, 0.1) is 0 Å². The number of phenols is 1. The van der Waals surface area contributed by atoms with E-state index < -0.39 is 0 Å². The van der Waals surface area contributed by atoms with Gasteiger partial charge in [-0.3, -0.25) is 4.90 Å². The molecule has 1 saturated heterocycles. The monoisotopic (exact) mass is 280 g/mol. The van der Waals surface area contributed by atoms with Gasteiger partial charge in [0.25, 0.3) is 0 Å². The molecular weight excluding hydrogens is 260 g/mol. The van der Waals surface area contributed by atoms with Crippen molar-refractivity contribution in [2.75, 3.05) is 13.1 Å². The van der Waals surface area contributed by atoms with Gasteiger partial charge in [0.05, 0.1) is 5.52 Å². The van der Waals surface area contributed by atoms with Crippen LogP contribution in [0.1, 0.15) is 24.8 Å². The van der Waals surface area contributed by atoms with E-state index in [1.165, 1.54) is 30.0 Å². The second kappa shape index (κ2) is 5.08. The van der Waals surface area contributed by atoms with Gasteiger partial charge in [0.1, 0.15) is 5.75 Å². The highest BCUT2D eigenvalue weighted by Crippen LogP contribution is 2.33. The highest BCUT2D eigenvalue weighted by molar-refractivity contribution is 6.08. The number of aromatic nitrogens is 1. The number of piperidine rings is 1. The zero-order valence-electron chi connectivity index (χ0n) is 12.1. The highest BCUT2D eigenvalue weighted by atomic mass is 16.3. The molecule has 0 spiro atoms. The van der Waals surface area contributed by atoms with Crippen molar-refractivity contribution in [3.8, 4) is 5.75 Å². The fraction of sp³-hybridized carbons (Fsp3) is 0.333. The van der Waals surface area contributed by atoms with Crippen LogP contribution in [0.25, 0.3) is 21.8 Å². The van der Waals surface area contributed by atoms with Crippen molar-refractivity contribution in [1.29, 1.82) is 0 Å². The average Bonchev–Trinajstić information content (AvgIpc) is 2.90. The molecular formula is C18H20N2O. The minimum absolute atomic E-state index is 0.402. The van der Waals surface area contributed by atoms with Gasteiger partial charge in [0, 0.05) is 28.4 Å². The van der Waals surface area contributed by atoms with E-state index in [9.17, 15) is 5.11 Å². The summed E-state index contributed by atoms with van der Waals surface area (Å²) in [6, 6.07) is 12.2. The van der Waals surface area contributed by atoms with Gasteiger partial charge in [0.15, 0.2) is 0 Å². The first-order chi connectivity index (χ1) is 10.3. The Morgan fingerprint density at radius 3 is 2.62 bits per heavy atom. The number of para-hydroxylation sites is 1. The van der Waals surface area contributed by atoms with Crippen molar-refractivity contribution in [3.05, 3.63) is 42.0 Å². The molecule has 21 heavy (non-hydrogen) atoms. The smallest absolute Gasteiger partial charge is 0.122 e. The van der Waals surface area contributed by atoms with E-state index in [1.807, 2.05) is 18.2 Å². The molecule has 2 aromatic carbocycles. The number of benzene rings is 2. The third-order valence-corrected chi connectivity index (χ3v) is 4.60. The number of aromatic hydroxyl groups is 1. The number of aromatic amines is 1. The standard InChI is InChI=1S/C18H20N2O/c21-17-9-8-14-13-6-2-3-7-16(13)19-18(14)15(17)12-20-10-4-1-5-11-20/h2-3,6-9,19,21H,1,4-5,10-12H2. The Bertz CT molecular complexity index is 784. The molecule has 1 fully saturated rings. The predicted octanol–water partition coefficient (Wildman–Crippen LogP) is 4.01. The van der Waals surface area contributed by atoms with Crippen molar-refractivity contribution >= 4 is 21.8 Å². The normalized spacial score (nSPS) is 16.8. The maximum atomic E-state index is 10.3. The van der Waals surface area contributed by atoms with Gasteiger partial charge in [-0.2, -0.15) is 0 Å². The van der Waals surface area contributed by atoms with Crippen molar-refractivity contribution in [2.24, 2.45) is 0 Å². The summed E-state index contributed by atoms with van der Waals surface area (Å²) >= 11 is 0. The van der Waals surface area contributed by atoms with Crippen LogP contribution in [0.5, 0.6) is 5.75 Å². The number of phenolic OH excluding ortho intramolecular Hbond substituents is 1. The Labute approximate surface area is 124 Å². The molecule has 4 rings (SSSR count). The summed E-state index contributed by atoms with van der Waals surface area (Å²) in [6.07, 6.45) is 3.87. The number of hydrogen-bond donors (Lipinski definition) is 2. The van der Waals surface area contributed by atoms with Crippen LogP contribution in [0.4, 0.5) is 0 Å². The summed E-state index contributed by atoms with van der Waals surface area (Å²) < 4.78 is 0. The lowest BCUT2D eigenvalue weighted by atomic mass is 10.1. The third kappa shape index (κ3) is 2.18. The molecule has 1 aliphatic rings. The van der Waals surface area contributed by atoms with Gasteiger partial charge in [-0.25, -0.2) is 0 Å². The maximum absolute atomic E-state index is 10.3. The lowest BCUT2D eigenvalue weighted by molar-refractivity contribution is 0.219. The summed E-state index contributed by atoms with van der Waals surface area (Å²) in [5.74, 6) is 0.402. The Morgan fingerprint density at radius 1 is 0.952 bits per heavy atom. The van der Waals surface area contributed by atoms with E-state index in [-0.39, 0.29) is 0 Å². The van der Waals surface area contributed by atoms with E-state index in [0.717, 1.165) is 36.2 Å². The molecule has 1 aliphatic heterocycles. The SMILES string of the molecule is Oc1ccc2c([nH]c3ccccc32)c1CN1CCCCC1. The first kappa shape index (κ1) is 12.7. The first-order valence-corrected chi connectivity index (χ1v) is 7.76. The summed E-state index contributed by atoms with van der Waals surface area (Å²) in [6.45, 7) is 3.10. The molecule has 0 bridgehead atoms. The van der Waals surface area contributed by atoms with Gasteiger partial charge in [-0.05, 0) is 44.1 Å². The topological polar surface area (TPSA) is 39.3 Å². The fourth-order valence-corrected chi connectivity index (χ4v) is 3.47. The number of hydrogen-bond acceptors (Lipinski definition) is 2. The van der Waals surface area contributed by atoms with Gasteiger partial charge in [-0.15, -0.1) is 0 Å². The van der Waals surface area contributed by atoms with Crippen molar-refractivity contribution in [3.63, 3.8) is 0 Å². The van der Waals surface area contributed by atoms with Crippen molar-refractivity contribution in [1.82, 2.24) is 9.88 Å². The van der Waals surface area contributed by atoms with E-state index >= 15 is 0 Å². The minimum Gasteiger partial charge on any atom is -0.508 e. The fourth-order valence-electron chi connectivity index (χ4n) is 3.47. The van der Waals surface area contributed by atoms with Crippen LogP contribution in [-0.4, -0.2) is 28.1 Å². The number of likely N-dealkylation sites (tertiary alicyclic amines) is 1. The molecule has 0 amide bonds. The van der Waals surface area contributed by atoms with E-state index in [0.29, 0.717) is 5.75 Å². The largest absolute Gasteiger partial charge is 0.508 e. The number of nitrogens with one attached hydrogen (secondary N) is 1. The van der Waals surface area contributed by atoms with Crippen molar-refractivity contribution in [2.45, 2.75) is 25.8 Å². The Morgan fingerprint density at radius 2 is 1.76 bits per heavy atom. The van der Waals surface area contributed by atoms with Gasteiger partial charge in [-0.1, -0.05) is 24.6 Å². The molecule has 3 aromatic rings. The van der Waals surface area contributed by atoms with E-state index in [2.05, 4.69) is 28.1 Å².